The van der Waals surface area contributed by atoms with E-state index < -0.39 is 0 Å². The van der Waals surface area contributed by atoms with Crippen molar-refractivity contribution < 1.29 is 23.8 Å². The molecule has 1 aliphatic rings. The van der Waals surface area contributed by atoms with Crippen LogP contribution in [0.1, 0.15) is 35.0 Å². The van der Waals surface area contributed by atoms with E-state index in [4.69, 9.17) is 19.3 Å². The number of carbonyl (C=O) groups excluding carboxylic acids is 2. The number of methoxy groups -OCH3 is 2. The van der Waals surface area contributed by atoms with Crippen LogP contribution in [0.4, 0.5) is 0 Å². The maximum absolute atomic E-state index is 13.9. The zero-order valence-corrected chi connectivity index (χ0v) is 28.2. The molecule has 1 atom stereocenters. The van der Waals surface area contributed by atoms with Crippen LogP contribution in [0.3, 0.4) is 0 Å². The summed E-state index contributed by atoms with van der Waals surface area (Å²) < 4.78 is 18.1. The molecule has 0 radical (unpaired) electrons. The number of ether oxygens (including phenoxy) is 3. The fourth-order valence-electron chi connectivity index (χ4n) is 5.41. The van der Waals surface area contributed by atoms with Crippen LogP contribution in [0.5, 0.6) is 17.2 Å². The number of rotatable bonds is 13. The summed E-state index contributed by atoms with van der Waals surface area (Å²) in [4.78, 5) is 26.6. The molecule has 1 unspecified atom stereocenters. The van der Waals surface area contributed by atoms with Gasteiger partial charge in [0.05, 0.1) is 38.3 Å². The van der Waals surface area contributed by atoms with Crippen molar-refractivity contribution in [3.8, 4) is 22.9 Å². The Morgan fingerprint density at radius 1 is 0.857 bits per heavy atom. The largest absolute Gasteiger partial charge is 0.497 e. The quantitative estimate of drug-likeness (QED) is 0.157. The Hall–Kier alpha value is -5.62. The lowest BCUT2D eigenvalue weighted by molar-refractivity contribution is -0.130. The van der Waals surface area contributed by atoms with Crippen molar-refractivity contribution in [2.24, 2.45) is 5.10 Å². The van der Waals surface area contributed by atoms with E-state index >= 15 is 0 Å². The van der Waals surface area contributed by atoms with Gasteiger partial charge in [-0.25, -0.2) is 5.01 Å². The molecule has 4 aromatic carbocycles. The number of nitrogens with one attached hydrogen (secondary N) is 1. The molecule has 6 rings (SSSR count). The monoisotopic (exact) mass is 676 g/mol. The first kappa shape index (κ1) is 33.3. The fraction of sp³-hybridized carbons (Fsp3) is 0.216. The van der Waals surface area contributed by atoms with E-state index in [0.29, 0.717) is 23.2 Å². The number of hydrogen-bond acceptors (Lipinski definition) is 9. The molecule has 49 heavy (non-hydrogen) atoms. The lowest BCUT2D eigenvalue weighted by Crippen LogP contribution is -2.29. The highest BCUT2D eigenvalue weighted by atomic mass is 32.2. The van der Waals surface area contributed by atoms with Gasteiger partial charge in [-0.05, 0) is 84.3 Å². The molecule has 2 amide bonds. The molecule has 1 N–H and O–H groups in total. The summed E-state index contributed by atoms with van der Waals surface area (Å²) in [6, 6.07) is 32.1. The second-order valence-electron chi connectivity index (χ2n) is 11.2. The third kappa shape index (κ3) is 8.10. The summed E-state index contributed by atoms with van der Waals surface area (Å²) in [6.45, 7) is 1.98. The van der Waals surface area contributed by atoms with Crippen LogP contribution in [0.2, 0.25) is 0 Å². The highest BCUT2D eigenvalue weighted by Gasteiger charge is 2.33. The van der Waals surface area contributed by atoms with Crippen molar-refractivity contribution in [2.75, 3.05) is 26.6 Å². The second kappa shape index (κ2) is 15.5. The van der Waals surface area contributed by atoms with E-state index in [-0.39, 0.29) is 36.8 Å². The minimum Gasteiger partial charge on any atom is -0.497 e. The molecule has 0 bridgehead atoms. The Morgan fingerprint density at radius 3 is 2.27 bits per heavy atom. The average Bonchev–Trinajstić information content (AvgIpc) is 3.78. The molecule has 250 valence electrons. The normalized spacial score (nSPS) is 13.9. The number of aryl methyl sites for hydroxylation is 1. The molecule has 1 aromatic heterocycles. The van der Waals surface area contributed by atoms with Gasteiger partial charge in [-0.3, -0.25) is 14.2 Å². The van der Waals surface area contributed by atoms with Crippen LogP contribution in [0.25, 0.3) is 5.69 Å². The topological polar surface area (TPSA) is 120 Å². The van der Waals surface area contributed by atoms with Gasteiger partial charge in [-0.1, -0.05) is 54.2 Å². The van der Waals surface area contributed by atoms with E-state index in [9.17, 15) is 9.59 Å². The summed E-state index contributed by atoms with van der Waals surface area (Å²) in [5, 5.41) is 18.6. The molecular formula is C37H36N6O5S. The maximum Gasteiger partial charge on any atom is 0.258 e. The van der Waals surface area contributed by atoms with Crippen LogP contribution in [-0.2, 0) is 16.1 Å². The first-order valence-corrected chi connectivity index (χ1v) is 16.7. The van der Waals surface area contributed by atoms with Crippen molar-refractivity contribution in [3.63, 3.8) is 0 Å². The number of aromatic nitrogens is 3. The Kier molecular flexibility index (Phi) is 10.5. The third-order valence-electron chi connectivity index (χ3n) is 7.93. The smallest absolute Gasteiger partial charge is 0.258 e. The molecule has 0 fully saturated rings. The van der Waals surface area contributed by atoms with E-state index in [0.717, 1.165) is 39.6 Å². The van der Waals surface area contributed by atoms with Gasteiger partial charge >= 0.3 is 0 Å². The number of nitrogens with zero attached hydrogens (tertiary/aromatic N) is 5. The molecule has 1 aliphatic heterocycles. The van der Waals surface area contributed by atoms with Crippen molar-refractivity contribution in [2.45, 2.75) is 31.1 Å². The number of amides is 2. The lowest BCUT2D eigenvalue weighted by atomic mass is 9.98. The minimum atomic E-state index is -0.297. The molecule has 0 saturated heterocycles. The Balaban J connectivity index is 1.20. The highest BCUT2D eigenvalue weighted by Crippen LogP contribution is 2.35. The Labute approximate surface area is 288 Å². The van der Waals surface area contributed by atoms with Gasteiger partial charge in [-0.2, -0.15) is 5.10 Å². The second-order valence-corrected chi connectivity index (χ2v) is 12.2. The van der Waals surface area contributed by atoms with Crippen molar-refractivity contribution in [1.82, 2.24) is 25.1 Å². The lowest BCUT2D eigenvalue weighted by Gasteiger charge is -2.22. The predicted molar refractivity (Wildman–Crippen MR) is 187 cm³/mol. The molecule has 2 heterocycles. The molecule has 12 heteroatoms. The third-order valence-corrected chi connectivity index (χ3v) is 8.85. The number of benzene rings is 4. The van der Waals surface area contributed by atoms with Crippen LogP contribution in [0.15, 0.2) is 113 Å². The van der Waals surface area contributed by atoms with Crippen LogP contribution in [0, 0.1) is 6.92 Å². The molecular weight excluding hydrogens is 641 g/mol. The van der Waals surface area contributed by atoms with E-state index in [1.165, 1.54) is 11.8 Å². The highest BCUT2D eigenvalue weighted by molar-refractivity contribution is 7.99. The zero-order valence-electron chi connectivity index (χ0n) is 27.4. The molecule has 5 aromatic rings. The molecule has 0 saturated carbocycles. The number of hydrazone groups is 1. The van der Waals surface area contributed by atoms with E-state index in [1.54, 1.807) is 31.4 Å². The summed E-state index contributed by atoms with van der Waals surface area (Å²) in [7, 11) is 3.25. The first-order valence-electron chi connectivity index (χ1n) is 15.7. The van der Waals surface area contributed by atoms with E-state index in [2.05, 4.69) is 15.5 Å². The maximum atomic E-state index is 13.9. The SMILES string of the molecule is COc1ccc(C2=NN(C(=O)CSc3nnc(CNC(=O)COc4ccccc4)n3-c3cccc(C)c3)C(c3ccc(OC)cc3)C2)cc1. The predicted octanol–water partition coefficient (Wildman–Crippen LogP) is 5.76. The molecule has 0 aliphatic carbocycles. The standard InChI is InChI=1S/C37H36N6O5S/c1-25-8-7-9-28(20-25)42-34(22-38-35(44)23-48-31-10-5-4-6-11-31)39-40-37(42)49-24-36(45)43-33(27-14-18-30(47-3)19-15-27)21-32(41-43)26-12-16-29(46-2)17-13-26/h4-20,33H,21-24H2,1-3H3,(H,38,44). The number of hydrogen-bond donors (Lipinski definition) is 1. The summed E-state index contributed by atoms with van der Waals surface area (Å²) in [5.74, 6) is 2.19. The summed E-state index contributed by atoms with van der Waals surface area (Å²) >= 11 is 1.27. The summed E-state index contributed by atoms with van der Waals surface area (Å²) in [5.41, 5.74) is 4.54. The number of para-hydroxylation sites is 1. The number of carbonyl (C=O) groups is 2. The van der Waals surface area contributed by atoms with E-state index in [1.807, 2.05) is 102 Å². The first-order chi connectivity index (χ1) is 23.9. The van der Waals surface area contributed by atoms with Crippen LogP contribution < -0.4 is 19.5 Å². The zero-order chi connectivity index (χ0) is 34.2. The van der Waals surface area contributed by atoms with Gasteiger partial charge in [-0.15, -0.1) is 10.2 Å². The summed E-state index contributed by atoms with van der Waals surface area (Å²) in [6.07, 6.45) is 0.548. The fourth-order valence-corrected chi connectivity index (χ4v) is 6.23. The van der Waals surface area contributed by atoms with Gasteiger partial charge in [0.1, 0.15) is 17.2 Å². The van der Waals surface area contributed by atoms with Gasteiger partial charge in [0.2, 0.25) is 0 Å². The Morgan fingerprint density at radius 2 is 1.57 bits per heavy atom. The van der Waals surface area contributed by atoms with Crippen molar-refractivity contribution >= 4 is 29.3 Å². The van der Waals surface area contributed by atoms with Gasteiger partial charge in [0.15, 0.2) is 17.6 Å². The van der Waals surface area contributed by atoms with Crippen molar-refractivity contribution in [3.05, 3.63) is 126 Å². The molecule has 11 nitrogen and oxygen atoms in total. The Bertz CT molecular complexity index is 1930. The average molecular weight is 677 g/mol. The van der Waals surface area contributed by atoms with Crippen LogP contribution >= 0.6 is 11.8 Å². The number of thioether (sulfide) groups is 1. The van der Waals surface area contributed by atoms with Gasteiger partial charge in [0, 0.05) is 12.1 Å². The van der Waals surface area contributed by atoms with Crippen molar-refractivity contribution in [1.29, 1.82) is 0 Å². The molecule has 0 spiro atoms. The van der Waals surface area contributed by atoms with Gasteiger partial charge in [0.25, 0.3) is 11.8 Å². The van der Waals surface area contributed by atoms with Crippen LogP contribution in [-0.4, -0.2) is 63.9 Å². The minimum absolute atomic E-state index is 0.0628. The van der Waals surface area contributed by atoms with Gasteiger partial charge < -0.3 is 19.5 Å².